The fourth-order valence-corrected chi connectivity index (χ4v) is 2.48. The summed E-state index contributed by atoms with van der Waals surface area (Å²) in [4.78, 5) is 11.3. The van der Waals surface area contributed by atoms with Crippen LogP contribution in [0.4, 0.5) is 0 Å². The summed E-state index contributed by atoms with van der Waals surface area (Å²) in [5.74, 6) is 2.18. The highest BCUT2D eigenvalue weighted by Crippen LogP contribution is 2.32. The number of carbonyl (C=O) groups is 1. The number of nitrogens with zero attached hydrogens (tertiary/aromatic N) is 4. The molecule has 0 unspecified atom stereocenters. The lowest BCUT2D eigenvalue weighted by atomic mass is 10.2. The van der Waals surface area contributed by atoms with Gasteiger partial charge in [-0.1, -0.05) is 6.92 Å². The van der Waals surface area contributed by atoms with Crippen molar-refractivity contribution in [3.63, 3.8) is 0 Å². The number of rotatable bonds is 8. The van der Waals surface area contributed by atoms with Gasteiger partial charge in [-0.2, -0.15) is 4.52 Å². The first-order chi connectivity index (χ1) is 13.2. The Morgan fingerprint density at radius 2 is 2.00 bits per heavy atom. The molecule has 1 N–H and O–H groups in total. The Balaban J connectivity index is 1.86. The van der Waals surface area contributed by atoms with Crippen molar-refractivity contribution in [1.29, 1.82) is 0 Å². The molecule has 142 valence electrons. The van der Waals surface area contributed by atoms with Crippen LogP contribution in [0.25, 0.3) is 17.0 Å². The highest BCUT2D eigenvalue weighted by atomic mass is 16.5. The van der Waals surface area contributed by atoms with Crippen molar-refractivity contribution in [1.82, 2.24) is 25.1 Å². The van der Waals surface area contributed by atoms with Gasteiger partial charge in [0.05, 0.1) is 26.3 Å². The van der Waals surface area contributed by atoms with E-state index in [4.69, 9.17) is 14.2 Å². The molecule has 27 heavy (non-hydrogen) atoms. The third-order valence-corrected chi connectivity index (χ3v) is 3.88. The maximum absolute atomic E-state index is 11.3. The second-order valence-electron chi connectivity index (χ2n) is 5.58. The largest absolute Gasteiger partial charge is 0.497 e. The van der Waals surface area contributed by atoms with E-state index in [0.29, 0.717) is 54.0 Å². The van der Waals surface area contributed by atoms with E-state index in [1.165, 1.54) is 0 Å². The molecule has 0 radical (unpaired) electrons. The van der Waals surface area contributed by atoms with Crippen molar-refractivity contribution in [3.8, 4) is 28.8 Å². The Hall–Kier alpha value is -3.36. The number of nitrogens with one attached hydrogen (secondary N) is 1. The smallest absolute Gasteiger partial charge is 0.231 e. The quantitative estimate of drug-likeness (QED) is 0.602. The van der Waals surface area contributed by atoms with Crippen LogP contribution < -0.4 is 19.5 Å². The highest BCUT2D eigenvalue weighted by Gasteiger charge is 2.16. The molecular formula is C18H21N5O4. The van der Waals surface area contributed by atoms with Gasteiger partial charge in [0.2, 0.25) is 11.8 Å². The predicted octanol–water partition coefficient (Wildman–Crippen LogP) is 1.71. The SMILES string of the molecule is CCC(=O)NCCOc1ccc2nnc(-c3cc(OC)ccc3OC)n2n1. The van der Waals surface area contributed by atoms with Gasteiger partial charge < -0.3 is 19.5 Å². The van der Waals surface area contributed by atoms with Crippen LogP contribution >= 0.6 is 0 Å². The van der Waals surface area contributed by atoms with Crippen molar-refractivity contribution in [2.75, 3.05) is 27.4 Å². The Morgan fingerprint density at radius 1 is 1.15 bits per heavy atom. The van der Waals surface area contributed by atoms with E-state index in [1.807, 2.05) is 6.07 Å². The molecule has 3 rings (SSSR count). The van der Waals surface area contributed by atoms with E-state index in [9.17, 15) is 4.79 Å². The van der Waals surface area contributed by atoms with Gasteiger partial charge in [-0.05, 0) is 24.3 Å². The van der Waals surface area contributed by atoms with E-state index in [0.717, 1.165) is 0 Å². The average molecular weight is 371 g/mol. The Morgan fingerprint density at radius 3 is 2.74 bits per heavy atom. The van der Waals surface area contributed by atoms with Crippen LogP contribution in [0.3, 0.4) is 0 Å². The maximum atomic E-state index is 11.3. The molecule has 0 saturated carbocycles. The van der Waals surface area contributed by atoms with Gasteiger partial charge in [0.15, 0.2) is 11.5 Å². The van der Waals surface area contributed by atoms with Gasteiger partial charge in [-0.3, -0.25) is 4.79 Å². The summed E-state index contributed by atoms with van der Waals surface area (Å²) in [5, 5.41) is 15.5. The van der Waals surface area contributed by atoms with Gasteiger partial charge >= 0.3 is 0 Å². The summed E-state index contributed by atoms with van der Waals surface area (Å²) in [5.41, 5.74) is 1.27. The minimum absolute atomic E-state index is 0.0202. The second-order valence-corrected chi connectivity index (χ2v) is 5.58. The molecule has 2 heterocycles. The molecule has 1 amide bonds. The normalized spacial score (nSPS) is 10.6. The zero-order valence-electron chi connectivity index (χ0n) is 15.4. The van der Waals surface area contributed by atoms with Crippen LogP contribution in [-0.2, 0) is 4.79 Å². The highest BCUT2D eigenvalue weighted by molar-refractivity contribution is 5.75. The third-order valence-electron chi connectivity index (χ3n) is 3.88. The van der Waals surface area contributed by atoms with Gasteiger partial charge in [0.25, 0.3) is 0 Å². The van der Waals surface area contributed by atoms with E-state index >= 15 is 0 Å². The van der Waals surface area contributed by atoms with Crippen LogP contribution in [0.5, 0.6) is 17.4 Å². The number of amides is 1. The lowest BCUT2D eigenvalue weighted by molar-refractivity contribution is -0.120. The first-order valence-corrected chi connectivity index (χ1v) is 8.50. The average Bonchev–Trinajstić information content (AvgIpc) is 3.13. The molecule has 0 spiro atoms. The molecule has 0 aliphatic carbocycles. The zero-order chi connectivity index (χ0) is 19.2. The number of fused-ring (bicyclic) bond motifs is 1. The van der Waals surface area contributed by atoms with Gasteiger partial charge in [-0.15, -0.1) is 15.3 Å². The molecule has 3 aromatic rings. The van der Waals surface area contributed by atoms with Gasteiger partial charge in [0, 0.05) is 12.5 Å². The Labute approximate surface area is 156 Å². The standard InChI is InChI=1S/C18H21N5O4/c1-4-16(24)19-9-10-27-17-8-7-15-20-21-18(23(15)22-17)13-11-12(25-2)5-6-14(13)26-3/h5-8,11H,4,9-10H2,1-3H3,(H,19,24). The molecular weight excluding hydrogens is 350 g/mol. The van der Waals surface area contributed by atoms with Crippen molar-refractivity contribution in [2.24, 2.45) is 0 Å². The number of carbonyl (C=O) groups excluding carboxylic acids is 1. The summed E-state index contributed by atoms with van der Waals surface area (Å²) in [6.07, 6.45) is 0.441. The number of benzene rings is 1. The molecule has 0 bridgehead atoms. The summed E-state index contributed by atoms with van der Waals surface area (Å²) in [6, 6.07) is 8.88. The molecule has 0 atom stereocenters. The molecule has 9 heteroatoms. The lowest BCUT2D eigenvalue weighted by Gasteiger charge is -2.10. The third kappa shape index (κ3) is 4.08. The van der Waals surface area contributed by atoms with Crippen LogP contribution in [0.15, 0.2) is 30.3 Å². The van der Waals surface area contributed by atoms with E-state index in [-0.39, 0.29) is 5.91 Å². The lowest BCUT2D eigenvalue weighted by Crippen LogP contribution is -2.27. The Bertz CT molecular complexity index is 941. The number of methoxy groups -OCH3 is 2. The first-order valence-electron chi connectivity index (χ1n) is 8.50. The fourth-order valence-electron chi connectivity index (χ4n) is 2.48. The number of ether oxygens (including phenoxy) is 3. The number of hydrogen-bond acceptors (Lipinski definition) is 7. The van der Waals surface area contributed by atoms with Crippen LogP contribution in [0.2, 0.25) is 0 Å². The summed E-state index contributed by atoms with van der Waals surface area (Å²) in [7, 11) is 3.18. The Kier molecular flexibility index (Phi) is 5.70. The zero-order valence-corrected chi connectivity index (χ0v) is 15.4. The second kappa shape index (κ2) is 8.35. The van der Waals surface area contributed by atoms with Crippen LogP contribution in [0, 0.1) is 0 Å². The monoisotopic (exact) mass is 371 g/mol. The molecule has 0 fully saturated rings. The van der Waals surface area contributed by atoms with E-state index in [2.05, 4.69) is 20.6 Å². The molecule has 1 aromatic carbocycles. The maximum Gasteiger partial charge on any atom is 0.231 e. The summed E-state index contributed by atoms with van der Waals surface area (Å²) < 4.78 is 17.9. The van der Waals surface area contributed by atoms with Gasteiger partial charge in [-0.25, -0.2) is 0 Å². The van der Waals surface area contributed by atoms with Crippen molar-refractivity contribution >= 4 is 11.6 Å². The minimum atomic E-state index is -0.0202. The predicted molar refractivity (Wildman–Crippen MR) is 98.1 cm³/mol. The summed E-state index contributed by atoms with van der Waals surface area (Å²) >= 11 is 0. The minimum Gasteiger partial charge on any atom is -0.497 e. The fraction of sp³-hybridized carbons (Fsp3) is 0.333. The number of hydrogen-bond donors (Lipinski definition) is 1. The van der Waals surface area contributed by atoms with Crippen molar-refractivity contribution in [2.45, 2.75) is 13.3 Å². The first kappa shape index (κ1) is 18.4. The molecule has 0 aliphatic rings. The number of aromatic nitrogens is 4. The summed E-state index contributed by atoms with van der Waals surface area (Å²) in [6.45, 7) is 2.52. The molecule has 2 aromatic heterocycles. The topological polar surface area (TPSA) is 99.9 Å². The van der Waals surface area contributed by atoms with Crippen LogP contribution in [-0.4, -0.2) is 53.1 Å². The van der Waals surface area contributed by atoms with Gasteiger partial charge in [0.1, 0.15) is 18.1 Å². The van der Waals surface area contributed by atoms with Crippen molar-refractivity contribution in [3.05, 3.63) is 30.3 Å². The van der Waals surface area contributed by atoms with E-state index < -0.39 is 0 Å². The van der Waals surface area contributed by atoms with Crippen LogP contribution in [0.1, 0.15) is 13.3 Å². The molecule has 0 aliphatic heterocycles. The molecule has 0 saturated heterocycles. The van der Waals surface area contributed by atoms with Crippen molar-refractivity contribution < 1.29 is 19.0 Å². The van der Waals surface area contributed by atoms with E-state index in [1.54, 1.807) is 49.9 Å². The molecule has 9 nitrogen and oxygen atoms in total.